The van der Waals surface area contributed by atoms with Gasteiger partial charge in [0.1, 0.15) is 0 Å². The maximum atomic E-state index is 12.5. The van der Waals surface area contributed by atoms with Gasteiger partial charge in [0.05, 0.1) is 5.56 Å². The van der Waals surface area contributed by atoms with Crippen molar-refractivity contribution in [3.8, 4) is 0 Å². The summed E-state index contributed by atoms with van der Waals surface area (Å²) in [6.07, 6.45) is 8.93. The number of nitrogens with one attached hydrogen (secondary N) is 1. The van der Waals surface area contributed by atoms with Gasteiger partial charge < -0.3 is 9.88 Å². The predicted molar refractivity (Wildman–Crippen MR) is 73.1 cm³/mol. The van der Waals surface area contributed by atoms with Crippen LogP contribution >= 0.6 is 0 Å². The van der Waals surface area contributed by atoms with Gasteiger partial charge in [0.15, 0.2) is 0 Å². The molecule has 0 spiro atoms. The summed E-state index contributed by atoms with van der Waals surface area (Å²) in [6, 6.07) is 3.47. The van der Waals surface area contributed by atoms with E-state index in [2.05, 4.69) is 4.98 Å². The van der Waals surface area contributed by atoms with Crippen molar-refractivity contribution < 1.29 is 4.79 Å². The van der Waals surface area contributed by atoms with E-state index < -0.39 is 0 Å². The zero-order chi connectivity index (χ0) is 13.2. The highest BCUT2D eigenvalue weighted by atomic mass is 16.2. The summed E-state index contributed by atoms with van der Waals surface area (Å²) in [5.74, 6) is 0.764. The lowest BCUT2D eigenvalue weighted by Gasteiger charge is -2.29. The Labute approximate surface area is 112 Å². The number of H-pyrrole nitrogens is 1. The lowest BCUT2D eigenvalue weighted by atomic mass is 9.95. The number of carbonyl (C=O) groups is 1. The van der Waals surface area contributed by atoms with Gasteiger partial charge in [0.25, 0.3) is 5.91 Å². The first-order chi connectivity index (χ1) is 9.25. The van der Waals surface area contributed by atoms with Crippen LogP contribution in [0.15, 0.2) is 23.1 Å². The Morgan fingerprint density at radius 2 is 1.95 bits per heavy atom. The van der Waals surface area contributed by atoms with Gasteiger partial charge in [-0.05, 0) is 37.7 Å². The molecule has 1 atom stereocenters. The number of hydrogen-bond donors (Lipinski definition) is 1. The summed E-state index contributed by atoms with van der Waals surface area (Å²) in [4.78, 5) is 28.2. The van der Waals surface area contributed by atoms with Gasteiger partial charge in [-0.3, -0.25) is 9.59 Å². The molecule has 4 nitrogen and oxygen atoms in total. The molecule has 1 saturated heterocycles. The third-order valence-corrected chi connectivity index (χ3v) is 4.54. The van der Waals surface area contributed by atoms with E-state index in [1.165, 1.54) is 37.9 Å². The van der Waals surface area contributed by atoms with Crippen molar-refractivity contribution in [3.05, 3.63) is 34.2 Å². The molecule has 102 valence electrons. The van der Waals surface area contributed by atoms with Crippen molar-refractivity contribution in [2.75, 3.05) is 6.54 Å². The lowest BCUT2D eigenvalue weighted by molar-refractivity contribution is 0.0688. The monoisotopic (exact) mass is 260 g/mol. The molecule has 1 amide bonds. The normalized spacial score (nSPS) is 24.0. The minimum atomic E-state index is -0.162. The van der Waals surface area contributed by atoms with Crippen LogP contribution in [0.3, 0.4) is 0 Å². The summed E-state index contributed by atoms with van der Waals surface area (Å²) in [5.41, 5.74) is 0.440. The zero-order valence-electron chi connectivity index (χ0n) is 11.1. The molecule has 0 radical (unpaired) electrons. The Morgan fingerprint density at radius 1 is 1.16 bits per heavy atom. The maximum absolute atomic E-state index is 12.5. The number of carbonyl (C=O) groups excluding carboxylic acids is 1. The van der Waals surface area contributed by atoms with Gasteiger partial charge in [-0.2, -0.15) is 0 Å². The van der Waals surface area contributed by atoms with Crippen molar-refractivity contribution in [3.63, 3.8) is 0 Å². The van der Waals surface area contributed by atoms with E-state index >= 15 is 0 Å². The summed E-state index contributed by atoms with van der Waals surface area (Å²) < 4.78 is 0. The highest BCUT2D eigenvalue weighted by Crippen LogP contribution is 2.35. The Morgan fingerprint density at radius 3 is 2.63 bits per heavy atom. The van der Waals surface area contributed by atoms with Gasteiger partial charge >= 0.3 is 0 Å². The summed E-state index contributed by atoms with van der Waals surface area (Å²) in [7, 11) is 0. The Bertz CT molecular complexity index is 497. The van der Waals surface area contributed by atoms with Crippen molar-refractivity contribution in [1.82, 2.24) is 9.88 Å². The van der Waals surface area contributed by atoms with E-state index in [0.717, 1.165) is 19.4 Å². The first-order valence-electron chi connectivity index (χ1n) is 7.25. The second kappa shape index (κ2) is 5.19. The molecule has 1 saturated carbocycles. The van der Waals surface area contributed by atoms with Crippen molar-refractivity contribution in [2.45, 2.75) is 44.6 Å². The van der Waals surface area contributed by atoms with E-state index in [9.17, 15) is 9.59 Å². The van der Waals surface area contributed by atoms with Crippen LogP contribution in [0.2, 0.25) is 0 Å². The number of rotatable bonds is 2. The number of nitrogens with zero attached hydrogens (tertiary/aromatic N) is 1. The number of aromatic amines is 1. The van der Waals surface area contributed by atoms with Crippen molar-refractivity contribution in [2.24, 2.45) is 5.92 Å². The predicted octanol–water partition coefficient (Wildman–Crippen LogP) is 2.17. The molecule has 3 rings (SSSR count). The van der Waals surface area contributed by atoms with Crippen molar-refractivity contribution >= 4 is 5.91 Å². The van der Waals surface area contributed by atoms with Crippen molar-refractivity contribution in [1.29, 1.82) is 0 Å². The number of pyridine rings is 1. The number of hydrogen-bond acceptors (Lipinski definition) is 2. The Balaban J connectivity index is 1.78. The van der Waals surface area contributed by atoms with Gasteiger partial charge in [0, 0.05) is 24.8 Å². The van der Waals surface area contributed by atoms with Crippen LogP contribution in [0.5, 0.6) is 0 Å². The van der Waals surface area contributed by atoms with E-state index in [1.54, 1.807) is 6.07 Å². The number of likely N-dealkylation sites (tertiary alicyclic amines) is 1. The molecule has 0 bridgehead atoms. The van der Waals surface area contributed by atoms with Gasteiger partial charge in [-0.1, -0.05) is 12.8 Å². The van der Waals surface area contributed by atoms with Crippen LogP contribution in [-0.4, -0.2) is 28.4 Å². The minimum absolute atomic E-state index is 0.0747. The Hall–Kier alpha value is -1.58. The molecular formula is C15H20N2O2. The largest absolute Gasteiger partial charge is 0.335 e. The highest BCUT2D eigenvalue weighted by Gasteiger charge is 2.36. The summed E-state index contributed by atoms with van der Waals surface area (Å²) >= 11 is 0. The highest BCUT2D eigenvalue weighted by molar-refractivity contribution is 5.94. The average Bonchev–Trinajstić information content (AvgIpc) is 3.09. The third-order valence-electron chi connectivity index (χ3n) is 4.54. The van der Waals surface area contributed by atoms with Gasteiger partial charge in [-0.25, -0.2) is 0 Å². The fourth-order valence-electron chi connectivity index (χ4n) is 3.59. The topological polar surface area (TPSA) is 53.2 Å². The molecule has 1 aromatic rings. The molecule has 2 aliphatic rings. The van der Waals surface area contributed by atoms with Crippen LogP contribution in [0.4, 0.5) is 0 Å². The molecule has 0 aromatic carbocycles. The van der Waals surface area contributed by atoms with E-state index in [1.807, 2.05) is 4.90 Å². The van der Waals surface area contributed by atoms with Gasteiger partial charge in [0.2, 0.25) is 5.56 Å². The second-order valence-corrected chi connectivity index (χ2v) is 5.69. The molecule has 19 heavy (non-hydrogen) atoms. The first-order valence-corrected chi connectivity index (χ1v) is 7.25. The van der Waals surface area contributed by atoms with Crippen LogP contribution in [0, 0.1) is 5.92 Å². The van der Waals surface area contributed by atoms with E-state index in [4.69, 9.17) is 0 Å². The summed E-state index contributed by atoms with van der Waals surface area (Å²) in [6.45, 7) is 0.860. The number of aromatic nitrogens is 1. The molecular weight excluding hydrogens is 240 g/mol. The van der Waals surface area contributed by atoms with E-state index in [0.29, 0.717) is 17.5 Å². The maximum Gasteiger partial charge on any atom is 0.255 e. The molecule has 4 heteroatoms. The lowest BCUT2D eigenvalue weighted by Crippen LogP contribution is -2.39. The van der Waals surface area contributed by atoms with Crippen LogP contribution in [0.1, 0.15) is 48.9 Å². The van der Waals surface area contributed by atoms with E-state index in [-0.39, 0.29) is 11.5 Å². The molecule has 2 heterocycles. The minimum Gasteiger partial charge on any atom is -0.335 e. The average molecular weight is 260 g/mol. The fraction of sp³-hybridized carbons (Fsp3) is 0.600. The number of amides is 1. The third kappa shape index (κ3) is 2.44. The molecule has 1 aliphatic carbocycles. The standard InChI is InChI=1S/C15H20N2O2/c18-14-8-7-12(10-16-14)15(19)17-9-3-6-13(17)11-4-1-2-5-11/h7-8,10-11,13H,1-6,9H2,(H,16,18). The zero-order valence-corrected chi connectivity index (χ0v) is 11.1. The Kier molecular flexibility index (Phi) is 3.40. The van der Waals surface area contributed by atoms with Crippen LogP contribution < -0.4 is 5.56 Å². The van der Waals surface area contributed by atoms with Crippen LogP contribution in [-0.2, 0) is 0 Å². The molecule has 1 aliphatic heterocycles. The molecule has 1 N–H and O–H groups in total. The molecule has 1 aromatic heterocycles. The smallest absolute Gasteiger partial charge is 0.255 e. The second-order valence-electron chi connectivity index (χ2n) is 5.69. The SMILES string of the molecule is O=C(c1ccc(=O)[nH]c1)N1CCCC1C1CCCC1. The first kappa shape index (κ1) is 12.5. The fourth-order valence-corrected chi connectivity index (χ4v) is 3.59. The molecule has 2 fully saturated rings. The molecule has 1 unspecified atom stereocenters. The van der Waals surface area contributed by atoms with Crippen LogP contribution in [0.25, 0.3) is 0 Å². The van der Waals surface area contributed by atoms with Gasteiger partial charge in [-0.15, -0.1) is 0 Å². The quantitative estimate of drug-likeness (QED) is 0.886. The summed E-state index contributed by atoms with van der Waals surface area (Å²) in [5, 5.41) is 0.